The van der Waals surface area contributed by atoms with E-state index in [2.05, 4.69) is 4.72 Å². The van der Waals surface area contributed by atoms with Crippen LogP contribution in [0.5, 0.6) is 0 Å². The standard InChI is InChI=1S/C12H12N2O3S2/c1-19(16,17)14-9-4-2-3-8(7-9)10-5-6-18-11(10)12(13)15/h2-7,14H,1H3,(H2,13,15). The molecule has 0 aliphatic carbocycles. The van der Waals surface area contributed by atoms with Crippen molar-refractivity contribution >= 4 is 33.0 Å². The molecule has 7 heteroatoms. The lowest BCUT2D eigenvalue weighted by atomic mass is 10.1. The number of thiophene rings is 1. The first kappa shape index (κ1) is 13.6. The van der Waals surface area contributed by atoms with E-state index < -0.39 is 15.9 Å². The number of rotatable bonds is 4. The van der Waals surface area contributed by atoms with Crippen molar-refractivity contribution in [1.29, 1.82) is 0 Å². The predicted molar refractivity (Wildman–Crippen MR) is 76.7 cm³/mol. The first-order chi connectivity index (χ1) is 8.87. The highest BCUT2D eigenvalue weighted by Crippen LogP contribution is 2.29. The summed E-state index contributed by atoms with van der Waals surface area (Å²) in [6.45, 7) is 0. The minimum Gasteiger partial charge on any atom is -0.365 e. The Kier molecular flexibility index (Phi) is 3.59. The minimum atomic E-state index is -3.33. The lowest BCUT2D eigenvalue weighted by molar-refractivity contribution is 0.100. The van der Waals surface area contributed by atoms with Crippen LogP contribution in [0.3, 0.4) is 0 Å². The van der Waals surface area contributed by atoms with Gasteiger partial charge in [-0.3, -0.25) is 9.52 Å². The maximum Gasteiger partial charge on any atom is 0.259 e. The number of sulfonamides is 1. The molecule has 1 aromatic heterocycles. The summed E-state index contributed by atoms with van der Waals surface area (Å²) in [7, 11) is -3.33. The van der Waals surface area contributed by atoms with Crippen molar-refractivity contribution in [3.05, 3.63) is 40.6 Å². The normalized spacial score (nSPS) is 11.2. The van der Waals surface area contributed by atoms with Gasteiger partial charge in [-0.1, -0.05) is 12.1 Å². The highest BCUT2D eigenvalue weighted by Gasteiger charge is 2.12. The van der Waals surface area contributed by atoms with Crippen LogP contribution in [0.25, 0.3) is 11.1 Å². The predicted octanol–water partition coefficient (Wildman–Crippen LogP) is 1.89. The first-order valence-electron chi connectivity index (χ1n) is 5.32. The van der Waals surface area contributed by atoms with Crippen molar-refractivity contribution < 1.29 is 13.2 Å². The van der Waals surface area contributed by atoms with Crippen molar-refractivity contribution in [2.24, 2.45) is 5.73 Å². The molecule has 2 rings (SSSR count). The zero-order chi connectivity index (χ0) is 14.0. The second-order valence-corrected chi connectivity index (χ2v) is 6.65. The third kappa shape index (κ3) is 3.33. The molecule has 0 saturated carbocycles. The second-order valence-electron chi connectivity index (χ2n) is 3.98. The van der Waals surface area contributed by atoms with Gasteiger partial charge >= 0.3 is 0 Å². The van der Waals surface area contributed by atoms with Gasteiger partial charge in [0, 0.05) is 11.3 Å². The molecule has 0 saturated heterocycles. The summed E-state index contributed by atoms with van der Waals surface area (Å²) in [5.74, 6) is -0.494. The highest BCUT2D eigenvalue weighted by molar-refractivity contribution is 7.92. The van der Waals surface area contributed by atoms with Crippen LogP contribution in [-0.2, 0) is 10.0 Å². The molecule has 2 aromatic rings. The van der Waals surface area contributed by atoms with Crippen LogP contribution < -0.4 is 10.5 Å². The molecule has 100 valence electrons. The summed E-state index contributed by atoms with van der Waals surface area (Å²) in [5.41, 5.74) is 7.19. The maximum absolute atomic E-state index is 11.3. The van der Waals surface area contributed by atoms with Gasteiger partial charge in [0.15, 0.2) is 0 Å². The van der Waals surface area contributed by atoms with Crippen LogP contribution in [0.15, 0.2) is 35.7 Å². The van der Waals surface area contributed by atoms with Crippen LogP contribution >= 0.6 is 11.3 Å². The Morgan fingerprint density at radius 3 is 2.68 bits per heavy atom. The lowest BCUT2D eigenvalue weighted by Gasteiger charge is -2.06. The molecule has 0 atom stereocenters. The van der Waals surface area contributed by atoms with Crippen LogP contribution in [0.4, 0.5) is 5.69 Å². The number of nitrogens with two attached hydrogens (primary N) is 1. The largest absolute Gasteiger partial charge is 0.365 e. The molecule has 0 aliphatic heterocycles. The van der Waals surface area contributed by atoms with Crippen molar-refractivity contribution in [3.63, 3.8) is 0 Å². The molecule has 1 heterocycles. The van der Waals surface area contributed by atoms with E-state index in [-0.39, 0.29) is 0 Å². The maximum atomic E-state index is 11.3. The third-order valence-electron chi connectivity index (χ3n) is 2.37. The summed E-state index contributed by atoms with van der Waals surface area (Å²) in [6, 6.07) is 8.59. The number of hydrogen-bond donors (Lipinski definition) is 2. The Morgan fingerprint density at radius 2 is 2.05 bits per heavy atom. The van der Waals surface area contributed by atoms with Gasteiger partial charge in [0.2, 0.25) is 10.0 Å². The molecule has 0 unspecified atom stereocenters. The molecule has 0 fully saturated rings. The monoisotopic (exact) mass is 296 g/mol. The molecule has 0 radical (unpaired) electrons. The van der Waals surface area contributed by atoms with Gasteiger partial charge in [-0.2, -0.15) is 0 Å². The number of amides is 1. The van der Waals surface area contributed by atoms with Gasteiger partial charge in [0.25, 0.3) is 5.91 Å². The fourth-order valence-electron chi connectivity index (χ4n) is 1.69. The average molecular weight is 296 g/mol. The molecule has 0 bridgehead atoms. The zero-order valence-electron chi connectivity index (χ0n) is 10.1. The summed E-state index contributed by atoms with van der Waals surface area (Å²) >= 11 is 1.26. The Hall–Kier alpha value is -1.86. The Balaban J connectivity index is 2.44. The number of primary amides is 1. The highest BCUT2D eigenvalue weighted by atomic mass is 32.2. The van der Waals surface area contributed by atoms with Crippen LogP contribution in [-0.4, -0.2) is 20.6 Å². The first-order valence-corrected chi connectivity index (χ1v) is 8.09. The fourth-order valence-corrected chi connectivity index (χ4v) is 3.02. The van der Waals surface area contributed by atoms with E-state index >= 15 is 0 Å². The van der Waals surface area contributed by atoms with E-state index in [0.717, 1.165) is 11.8 Å². The van der Waals surface area contributed by atoms with Gasteiger partial charge in [-0.25, -0.2) is 8.42 Å². The van der Waals surface area contributed by atoms with E-state index in [1.54, 1.807) is 35.7 Å². The molecule has 19 heavy (non-hydrogen) atoms. The van der Waals surface area contributed by atoms with Crippen LogP contribution in [0.2, 0.25) is 0 Å². The molecular formula is C12H12N2O3S2. The number of nitrogens with one attached hydrogen (secondary N) is 1. The zero-order valence-corrected chi connectivity index (χ0v) is 11.7. The Bertz CT molecular complexity index is 720. The van der Waals surface area contributed by atoms with E-state index in [0.29, 0.717) is 16.1 Å². The van der Waals surface area contributed by atoms with Crippen LogP contribution in [0, 0.1) is 0 Å². The van der Waals surface area contributed by atoms with Crippen LogP contribution in [0.1, 0.15) is 9.67 Å². The Labute approximate surface area is 115 Å². The van der Waals surface area contributed by atoms with Crippen molar-refractivity contribution in [2.45, 2.75) is 0 Å². The minimum absolute atomic E-state index is 0.446. The van der Waals surface area contributed by atoms with Gasteiger partial charge in [-0.05, 0) is 29.1 Å². The summed E-state index contributed by atoms with van der Waals surface area (Å²) in [6.07, 6.45) is 1.08. The van der Waals surface area contributed by atoms with E-state index in [1.807, 2.05) is 0 Å². The number of carbonyl (C=O) groups excluding carboxylic acids is 1. The summed E-state index contributed by atoms with van der Waals surface area (Å²) in [4.78, 5) is 11.7. The number of benzene rings is 1. The number of hydrogen-bond acceptors (Lipinski definition) is 4. The number of carbonyl (C=O) groups is 1. The molecular weight excluding hydrogens is 284 g/mol. The van der Waals surface area contributed by atoms with Crippen molar-refractivity contribution in [2.75, 3.05) is 11.0 Å². The lowest BCUT2D eigenvalue weighted by Crippen LogP contribution is -2.10. The SMILES string of the molecule is CS(=O)(=O)Nc1cccc(-c2ccsc2C(N)=O)c1. The molecule has 5 nitrogen and oxygen atoms in total. The van der Waals surface area contributed by atoms with Crippen molar-refractivity contribution in [3.8, 4) is 11.1 Å². The van der Waals surface area contributed by atoms with Gasteiger partial charge in [-0.15, -0.1) is 11.3 Å². The quantitative estimate of drug-likeness (QED) is 0.902. The van der Waals surface area contributed by atoms with E-state index in [1.165, 1.54) is 11.3 Å². The molecule has 3 N–H and O–H groups in total. The molecule has 1 amide bonds. The summed E-state index contributed by atoms with van der Waals surface area (Å²) < 4.78 is 24.8. The average Bonchev–Trinajstić information content (AvgIpc) is 2.75. The smallest absolute Gasteiger partial charge is 0.259 e. The number of anilines is 1. The Morgan fingerprint density at radius 1 is 1.32 bits per heavy atom. The third-order valence-corrected chi connectivity index (χ3v) is 3.90. The second kappa shape index (κ2) is 5.02. The van der Waals surface area contributed by atoms with Gasteiger partial charge < -0.3 is 5.73 Å². The summed E-state index contributed by atoms with van der Waals surface area (Å²) in [5, 5.41) is 1.77. The van der Waals surface area contributed by atoms with E-state index in [9.17, 15) is 13.2 Å². The molecule has 0 spiro atoms. The topological polar surface area (TPSA) is 89.3 Å². The molecule has 0 aliphatic rings. The van der Waals surface area contributed by atoms with Gasteiger partial charge in [0.1, 0.15) is 0 Å². The van der Waals surface area contributed by atoms with Crippen molar-refractivity contribution in [1.82, 2.24) is 0 Å². The fraction of sp³-hybridized carbons (Fsp3) is 0.0833. The van der Waals surface area contributed by atoms with E-state index in [4.69, 9.17) is 5.73 Å². The van der Waals surface area contributed by atoms with Gasteiger partial charge in [0.05, 0.1) is 11.1 Å². The molecule has 1 aromatic carbocycles.